The third-order valence-corrected chi connectivity index (χ3v) is 18.6. The molecule has 23 N–H and O–H groups in total. The first kappa shape index (κ1) is 92.5. The number of carboxylic acid groups (broad SMARTS) is 2. The Morgan fingerprint density at radius 3 is 1.83 bits per heavy atom. The summed E-state index contributed by atoms with van der Waals surface area (Å²) in [6, 6.07) is -23.9. The van der Waals surface area contributed by atoms with E-state index in [9.17, 15) is 102 Å². The van der Waals surface area contributed by atoms with Gasteiger partial charge in [-0.3, -0.25) is 81.5 Å². The quantitative estimate of drug-likeness (QED) is 0.0205. The van der Waals surface area contributed by atoms with E-state index in [-0.39, 0.29) is 64.5 Å². The Bertz CT molecular complexity index is 3230. The van der Waals surface area contributed by atoms with Crippen molar-refractivity contribution < 1.29 is 121 Å². The fraction of sp³-hybridized carbons (Fsp3) is 0.731. The number of carboxylic acids is 2. The number of likely N-dealkylation sites (tertiary alicyclic amines) is 1. The molecule has 0 aromatic rings. The van der Waals surface area contributed by atoms with E-state index in [2.05, 4.69) is 42.5 Å². The van der Waals surface area contributed by atoms with E-state index < -0.39 is 266 Å². The van der Waals surface area contributed by atoms with Gasteiger partial charge in [-0.2, -0.15) is 0 Å². The number of fused-ring (bicyclic) bond motifs is 1. The second-order valence-corrected chi connectivity index (χ2v) is 27.7. The minimum absolute atomic E-state index is 0.0597. The fourth-order valence-corrected chi connectivity index (χ4v) is 13.0. The number of nitrogens with two attached hydrogens (primary N) is 5. The summed E-state index contributed by atoms with van der Waals surface area (Å²) >= 11 is 0. The number of aliphatic carboxylic acids is 2. The van der Waals surface area contributed by atoms with Crippen LogP contribution in [0.4, 0.5) is 0 Å². The van der Waals surface area contributed by atoms with Gasteiger partial charge in [-0.15, -0.1) is 0 Å². The summed E-state index contributed by atoms with van der Waals surface area (Å²) < 4.78 is 11.4. The van der Waals surface area contributed by atoms with Gasteiger partial charge in [-0.1, -0.05) is 53.4 Å². The number of aliphatic hydroxyl groups is 3. The summed E-state index contributed by atoms with van der Waals surface area (Å²) in [5.41, 5.74) is 28.4. The number of amides is 15. The summed E-state index contributed by atoms with van der Waals surface area (Å²) in [4.78, 5) is 253. The van der Waals surface area contributed by atoms with Gasteiger partial charge in [0.05, 0.1) is 25.0 Å². The molecule has 0 radical (unpaired) electrons. The van der Waals surface area contributed by atoms with Crippen LogP contribution in [0.3, 0.4) is 0 Å². The third-order valence-electron chi connectivity index (χ3n) is 18.6. The number of aliphatic hydroxyl groups excluding tert-OH is 3. The standard InChI is InChI=1S/C67H110N16O25/c1-9-11-12-13-14-21-44(87)73-37(29-45(88)89)58(97)74-35(22-24-42(69)85)52(92)53(93)63(102)78-47-32(5)50(55(71)94)83(66(47)105)51-34(7)108-67(106)41-20-16-18-27-82(41)65(104)39(30-46(90)91)77-61(100)49(54(56(72)95)107-10-2)80-59(98)40(23-25-43(70)86)81(8)64(103)38(28-31(3)4)76-57(96)36(19-15-17-26-68)75-60(99)48(33(6)84)79-62(51)101/h31-41,47-54,84,92-93H,9-30,68H2,1-8H3,(H2,69,85)(H2,70,86)(H2,71,94)(H2,72,95)(H,73,87)(H,74,97)(H,75,99)(H,76,96)(H,77,100)(H,78,102)(H,79,101)(H,80,98)(H,88,89)(H,90,91)/t32-,33-,34-,35+,36-,37-,38+,39-,40+,41+,47+,48?,49+,50-,51-,52-,53-,54+/m1/s1. The van der Waals surface area contributed by atoms with Crippen LogP contribution in [-0.4, -0.2) is 277 Å². The van der Waals surface area contributed by atoms with Gasteiger partial charge in [0.15, 0.2) is 12.2 Å². The zero-order valence-corrected chi connectivity index (χ0v) is 62.2. The first-order valence-corrected chi connectivity index (χ1v) is 36.1. The number of carbonyl (C=O) groups is 18. The molecular weight excluding hydrogens is 1430 g/mol. The topological polar surface area (TPSA) is 663 Å². The number of carbonyl (C=O) groups excluding carboxylic acids is 16. The van der Waals surface area contributed by atoms with Crippen LogP contribution in [0.25, 0.3) is 0 Å². The molecule has 3 aliphatic heterocycles. The molecule has 0 saturated carbocycles. The molecule has 0 bridgehead atoms. The molecule has 3 rings (SSSR count). The number of rotatable bonds is 36. The molecule has 0 spiro atoms. The molecule has 3 heterocycles. The predicted molar refractivity (Wildman–Crippen MR) is 375 cm³/mol. The van der Waals surface area contributed by atoms with Gasteiger partial charge < -0.3 is 121 Å². The summed E-state index contributed by atoms with van der Waals surface area (Å²) in [6.45, 7) is 9.01. The maximum Gasteiger partial charge on any atom is 0.329 e. The smallest absolute Gasteiger partial charge is 0.329 e. The van der Waals surface area contributed by atoms with Crippen LogP contribution >= 0.6 is 0 Å². The number of cyclic esters (lactones) is 1. The molecule has 15 amide bonds. The molecule has 608 valence electrons. The Labute approximate surface area is 623 Å². The first-order chi connectivity index (χ1) is 50.6. The van der Waals surface area contributed by atoms with Gasteiger partial charge in [0.1, 0.15) is 78.7 Å². The molecule has 3 fully saturated rings. The molecule has 18 atom stereocenters. The Kier molecular flexibility index (Phi) is 38.1. The average molecular weight is 1540 g/mol. The van der Waals surface area contributed by atoms with E-state index in [0.717, 1.165) is 56.9 Å². The Morgan fingerprint density at radius 2 is 1.27 bits per heavy atom. The minimum Gasteiger partial charge on any atom is -0.481 e. The van der Waals surface area contributed by atoms with Crippen molar-refractivity contribution in [1.29, 1.82) is 0 Å². The van der Waals surface area contributed by atoms with Gasteiger partial charge in [0.2, 0.25) is 82.7 Å². The lowest BCUT2D eigenvalue weighted by Gasteiger charge is -2.39. The van der Waals surface area contributed by atoms with Crippen molar-refractivity contribution in [2.75, 3.05) is 26.7 Å². The number of ether oxygens (including phenoxy) is 2. The van der Waals surface area contributed by atoms with Crippen LogP contribution < -0.4 is 71.2 Å². The number of hydrogen-bond acceptors (Lipinski definition) is 24. The second kappa shape index (κ2) is 44.5. The SMILES string of the molecule is CCCCCCCC(=O)N[C@H](CC(=O)O)C(=O)N[C@@H](CCC(N)=O)[C@@H](O)[C@@H](O)C(=O)N[C@@H]1C(=O)N([C@H]2C(=O)NC([C@@H](C)O)C(=O)N[C@H](CCCCN)C(=O)N[C@@H](CC(C)C)C(=O)N(C)[C@@H](CCC(N)=O)C(=O)N[C@@H]([C@H](OCC)C(N)=O)C(=O)N[C@H](CC(=O)O)C(=O)N3CCCC[C@H]3C(=O)O[C@@H]2C)[C@@H](C(N)=O)[C@@H]1C. The Balaban J connectivity index is 2.37. The van der Waals surface area contributed by atoms with Crippen LogP contribution in [0.2, 0.25) is 0 Å². The molecule has 0 aromatic carbocycles. The summed E-state index contributed by atoms with van der Waals surface area (Å²) in [5, 5.41) is 72.9. The highest BCUT2D eigenvalue weighted by Crippen LogP contribution is 2.32. The van der Waals surface area contributed by atoms with Gasteiger partial charge >= 0.3 is 17.9 Å². The van der Waals surface area contributed by atoms with Crippen molar-refractivity contribution in [2.45, 2.75) is 273 Å². The number of piperidine rings is 1. The molecule has 41 heteroatoms. The molecular formula is C67H110N16O25. The number of nitrogens with one attached hydrogen (secondary N) is 8. The second-order valence-electron chi connectivity index (χ2n) is 27.7. The lowest BCUT2D eigenvalue weighted by molar-refractivity contribution is -0.168. The fourth-order valence-electron chi connectivity index (χ4n) is 13.0. The van der Waals surface area contributed by atoms with Crippen molar-refractivity contribution >= 4 is 107 Å². The molecule has 108 heavy (non-hydrogen) atoms. The minimum atomic E-state index is -2.73. The highest BCUT2D eigenvalue weighted by atomic mass is 16.5. The zero-order chi connectivity index (χ0) is 81.7. The highest BCUT2D eigenvalue weighted by molar-refractivity contribution is 6.03. The summed E-state index contributed by atoms with van der Waals surface area (Å²) in [5.74, 6) is -25.9. The van der Waals surface area contributed by atoms with E-state index in [1.165, 1.54) is 6.92 Å². The van der Waals surface area contributed by atoms with Gasteiger partial charge in [-0.05, 0) is 97.4 Å². The molecule has 0 aromatic heterocycles. The van der Waals surface area contributed by atoms with E-state index in [4.69, 9.17) is 38.1 Å². The number of hydrogen-bond donors (Lipinski definition) is 18. The van der Waals surface area contributed by atoms with E-state index in [1.807, 2.05) is 6.92 Å². The zero-order valence-electron chi connectivity index (χ0n) is 62.2. The molecule has 0 aliphatic carbocycles. The molecule has 3 aliphatic rings. The van der Waals surface area contributed by atoms with E-state index in [0.29, 0.717) is 17.7 Å². The molecule has 1 unspecified atom stereocenters. The van der Waals surface area contributed by atoms with Crippen molar-refractivity contribution in [1.82, 2.24) is 57.2 Å². The van der Waals surface area contributed by atoms with Crippen LogP contribution in [0.1, 0.15) is 170 Å². The van der Waals surface area contributed by atoms with E-state index in [1.54, 1.807) is 13.8 Å². The molecule has 41 nitrogen and oxygen atoms in total. The van der Waals surface area contributed by atoms with Gasteiger partial charge in [0, 0.05) is 45.4 Å². The number of unbranched alkanes of at least 4 members (excludes halogenated alkanes) is 5. The van der Waals surface area contributed by atoms with Crippen LogP contribution in [0.15, 0.2) is 0 Å². The van der Waals surface area contributed by atoms with Crippen molar-refractivity contribution in [2.24, 2.45) is 40.5 Å². The number of primary amides is 4. The van der Waals surface area contributed by atoms with Crippen molar-refractivity contribution in [3.05, 3.63) is 0 Å². The third kappa shape index (κ3) is 27.5. The summed E-state index contributed by atoms with van der Waals surface area (Å²) in [6.07, 6.45) is -13.0. The number of likely N-dealkylation sites (N-methyl/N-ethyl adjacent to an activating group) is 1. The van der Waals surface area contributed by atoms with E-state index >= 15 is 9.59 Å². The maximum absolute atomic E-state index is 15.4. The van der Waals surface area contributed by atoms with Crippen LogP contribution in [0.5, 0.6) is 0 Å². The van der Waals surface area contributed by atoms with Gasteiger partial charge in [0.25, 0.3) is 5.91 Å². The number of nitrogens with zero attached hydrogens (tertiary/aromatic N) is 3. The first-order valence-electron chi connectivity index (χ1n) is 36.1. The lowest BCUT2D eigenvalue weighted by atomic mass is 9.95. The van der Waals surface area contributed by atoms with Crippen LogP contribution in [0, 0.1) is 11.8 Å². The Morgan fingerprint density at radius 1 is 0.657 bits per heavy atom. The van der Waals surface area contributed by atoms with Crippen molar-refractivity contribution in [3.8, 4) is 0 Å². The van der Waals surface area contributed by atoms with Crippen LogP contribution in [-0.2, 0) is 95.8 Å². The molecule has 3 saturated heterocycles. The summed E-state index contributed by atoms with van der Waals surface area (Å²) in [7, 11) is 1.08. The predicted octanol–water partition coefficient (Wildman–Crippen LogP) is -7.27. The normalized spacial score (nSPS) is 25.6. The Hall–Kier alpha value is -9.74. The van der Waals surface area contributed by atoms with Gasteiger partial charge in [-0.25, -0.2) is 4.79 Å². The van der Waals surface area contributed by atoms with Crippen molar-refractivity contribution in [3.63, 3.8) is 0 Å². The monoisotopic (exact) mass is 1540 g/mol. The number of esters is 1. The highest BCUT2D eigenvalue weighted by Gasteiger charge is 2.56. The maximum atomic E-state index is 15.4. The lowest BCUT2D eigenvalue weighted by Crippen LogP contribution is -2.64. The average Bonchev–Trinajstić information content (AvgIpc) is 1.60. The largest absolute Gasteiger partial charge is 0.481 e.